The van der Waals surface area contributed by atoms with Crippen molar-refractivity contribution in [1.82, 2.24) is 29.4 Å². The zero-order chi connectivity index (χ0) is 28.6. The number of nitrogens with zero attached hydrogens (tertiary/aromatic N) is 5. The Morgan fingerprint density at radius 1 is 1.13 bits per heavy atom. The summed E-state index contributed by atoms with van der Waals surface area (Å²) in [6.07, 6.45) is 1.15. The summed E-state index contributed by atoms with van der Waals surface area (Å²) in [6, 6.07) is 5.72. The van der Waals surface area contributed by atoms with Crippen molar-refractivity contribution in [2.45, 2.75) is 43.8 Å². The summed E-state index contributed by atoms with van der Waals surface area (Å²) in [5.74, 6) is 0.0513. The van der Waals surface area contributed by atoms with Crippen LogP contribution in [0.4, 0.5) is 19.1 Å². The van der Waals surface area contributed by atoms with E-state index in [0.717, 1.165) is 29.3 Å². The van der Waals surface area contributed by atoms with E-state index in [0.29, 0.717) is 32.5 Å². The van der Waals surface area contributed by atoms with E-state index in [9.17, 15) is 21.6 Å². The fourth-order valence-electron chi connectivity index (χ4n) is 4.42. The quantitative estimate of drug-likeness (QED) is 0.378. The Labute approximate surface area is 229 Å². The van der Waals surface area contributed by atoms with Crippen LogP contribution >= 0.6 is 0 Å². The molecule has 1 saturated heterocycles. The van der Waals surface area contributed by atoms with E-state index in [2.05, 4.69) is 49.2 Å². The van der Waals surface area contributed by atoms with Gasteiger partial charge in [0.25, 0.3) is 0 Å². The fraction of sp³-hybridized carbons (Fsp3) is 0.435. The average Bonchev–Trinajstić information content (AvgIpc) is 3.31. The van der Waals surface area contributed by atoms with Gasteiger partial charge in [-0.25, -0.2) is 27.4 Å². The SMILES string of the molecule is BC(B)(B)NCc1ccc(-n2cc(-c3nc(NC4CCN(S(C)(=O)=O)CC4)ncc3C(F)(F)F)cn2)c(C)c1. The first kappa shape index (κ1) is 29.2. The smallest absolute Gasteiger partial charge is 0.351 e. The van der Waals surface area contributed by atoms with Crippen LogP contribution in [-0.2, 0) is 22.7 Å². The van der Waals surface area contributed by atoms with Crippen LogP contribution in [0.2, 0.25) is 0 Å². The Kier molecular flexibility index (Phi) is 8.20. The van der Waals surface area contributed by atoms with Crippen molar-refractivity contribution in [3.05, 3.63) is 53.5 Å². The third kappa shape index (κ3) is 7.43. The summed E-state index contributed by atoms with van der Waals surface area (Å²) < 4.78 is 68.1. The number of hydrogen-bond acceptors (Lipinski definition) is 7. The van der Waals surface area contributed by atoms with Crippen molar-refractivity contribution >= 4 is 39.5 Å². The number of aryl methyl sites for hydroxylation is 1. The van der Waals surface area contributed by atoms with E-state index in [4.69, 9.17) is 0 Å². The number of benzene rings is 1. The van der Waals surface area contributed by atoms with Crippen LogP contribution in [0.15, 0.2) is 36.8 Å². The lowest BCUT2D eigenvalue weighted by atomic mass is 9.49. The molecular formula is C23H31B3F3N7O2S. The Bertz CT molecular complexity index is 1440. The molecule has 4 rings (SSSR count). The van der Waals surface area contributed by atoms with Crippen LogP contribution in [0.3, 0.4) is 0 Å². The van der Waals surface area contributed by atoms with Gasteiger partial charge in [-0.1, -0.05) is 17.4 Å². The van der Waals surface area contributed by atoms with E-state index in [-0.39, 0.29) is 28.5 Å². The van der Waals surface area contributed by atoms with Gasteiger partial charge >= 0.3 is 6.18 Å². The van der Waals surface area contributed by atoms with E-state index in [1.807, 2.05) is 25.1 Å². The van der Waals surface area contributed by atoms with E-state index in [1.165, 1.54) is 16.7 Å². The predicted octanol–water partition coefficient (Wildman–Crippen LogP) is 0.0926. The van der Waals surface area contributed by atoms with Gasteiger partial charge in [-0.2, -0.15) is 18.3 Å². The second kappa shape index (κ2) is 11.0. The normalized spacial score (nSPS) is 15.9. The zero-order valence-electron chi connectivity index (χ0n) is 22.7. The van der Waals surface area contributed by atoms with Crippen LogP contribution in [0.5, 0.6) is 0 Å². The van der Waals surface area contributed by atoms with Crippen LogP contribution < -0.4 is 10.6 Å². The third-order valence-electron chi connectivity index (χ3n) is 6.54. The van der Waals surface area contributed by atoms with Crippen LogP contribution in [-0.4, -0.2) is 86.6 Å². The Balaban J connectivity index is 1.57. The summed E-state index contributed by atoms with van der Waals surface area (Å²) in [5, 5.41) is 10.8. The van der Waals surface area contributed by atoms with Crippen LogP contribution in [0, 0.1) is 6.92 Å². The first-order chi connectivity index (χ1) is 18.1. The molecule has 16 heteroatoms. The maximum Gasteiger partial charge on any atom is 0.419 e. The number of halogens is 3. The highest BCUT2D eigenvalue weighted by molar-refractivity contribution is 7.88. The minimum absolute atomic E-state index is 0.0294. The number of anilines is 1. The zero-order valence-corrected chi connectivity index (χ0v) is 23.5. The summed E-state index contributed by atoms with van der Waals surface area (Å²) in [6.45, 7) is 3.26. The highest BCUT2D eigenvalue weighted by Crippen LogP contribution is 2.36. The van der Waals surface area contributed by atoms with Gasteiger partial charge in [0.2, 0.25) is 16.0 Å². The molecule has 0 saturated carbocycles. The van der Waals surface area contributed by atoms with Crippen molar-refractivity contribution in [2.75, 3.05) is 24.7 Å². The van der Waals surface area contributed by atoms with Crippen molar-refractivity contribution in [2.24, 2.45) is 0 Å². The molecule has 0 atom stereocenters. The molecule has 2 aromatic heterocycles. The number of sulfonamides is 1. The summed E-state index contributed by atoms with van der Waals surface area (Å²) in [7, 11) is 2.98. The van der Waals surface area contributed by atoms with E-state index >= 15 is 0 Å². The number of rotatable bonds is 8. The van der Waals surface area contributed by atoms with Gasteiger partial charge in [-0.3, -0.25) is 0 Å². The van der Waals surface area contributed by atoms with Crippen LogP contribution in [0.1, 0.15) is 29.5 Å². The van der Waals surface area contributed by atoms with Gasteiger partial charge in [0.05, 0.1) is 23.8 Å². The lowest BCUT2D eigenvalue weighted by Gasteiger charge is -2.30. The van der Waals surface area contributed by atoms with E-state index in [1.54, 1.807) is 4.68 Å². The Morgan fingerprint density at radius 3 is 2.41 bits per heavy atom. The average molecular weight is 559 g/mol. The molecule has 0 aliphatic carbocycles. The summed E-state index contributed by atoms with van der Waals surface area (Å²) >= 11 is 0. The van der Waals surface area contributed by atoms with E-state index < -0.39 is 21.8 Å². The topological polar surface area (TPSA) is 105 Å². The number of piperidine rings is 1. The number of nitrogens with one attached hydrogen (secondary N) is 2. The standard InChI is InChI=1S/C23H31B3F3N7O2S/c1-14-9-15(10-31-23(24,25)26)3-4-19(14)36-13-16(11-32-36)20-18(22(27,28)29)12-30-21(34-20)33-17-5-7-35(8-6-17)39(2,37)38/h3-4,9,11-13,17,31H,5-8,10,24-26H2,1-2H3,(H,30,33,34). The highest BCUT2D eigenvalue weighted by atomic mass is 32.2. The molecule has 1 aromatic carbocycles. The van der Waals surface area contributed by atoms with Gasteiger partial charge in [0, 0.05) is 43.6 Å². The van der Waals surface area contributed by atoms with Crippen LogP contribution in [0.25, 0.3) is 16.9 Å². The molecule has 0 radical (unpaired) electrons. The van der Waals surface area contributed by atoms with Gasteiger partial charge in [-0.05, 0) is 37.0 Å². The second-order valence-electron chi connectivity index (χ2n) is 10.9. The highest BCUT2D eigenvalue weighted by Gasteiger charge is 2.36. The van der Waals surface area contributed by atoms with Gasteiger partial charge in [-0.15, -0.1) is 0 Å². The molecule has 0 bridgehead atoms. The largest absolute Gasteiger partial charge is 0.419 e. The molecule has 39 heavy (non-hydrogen) atoms. The number of hydrogen-bond donors (Lipinski definition) is 2. The third-order valence-corrected chi connectivity index (χ3v) is 7.84. The number of aromatic nitrogens is 4. The van der Waals surface area contributed by atoms with Crippen molar-refractivity contribution < 1.29 is 21.6 Å². The molecule has 1 fully saturated rings. The Morgan fingerprint density at radius 2 is 1.82 bits per heavy atom. The van der Waals surface area contributed by atoms with Gasteiger partial charge in [0.1, 0.15) is 29.1 Å². The summed E-state index contributed by atoms with van der Waals surface area (Å²) in [4.78, 5) is 8.14. The van der Waals surface area contributed by atoms with Crippen molar-refractivity contribution in [3.63, 3.8) is 0 Å². The van der Waals surface area contributed by atoms with Crippen molar-refractivity contribution in [1.29, 1.82) is 0 Å². The maximum atomic E-state index is 13.9. The molecule has 9 nitrogen and oxygen atoms in total. The molecule has 1 aliphatic heterocycles. The first-order valence-corrected chi connectivity index (χ1v) is 14.5. The molecule has 3 heterocycles. The molecule has 1 aliphatic rings. The molecule has 2 N–H and O–H groups in total. The Hall–Kier alpha value is -2.84. The lowest BCUT2D eigenvalue weighted by molar-refractivity contribution is -0.137. The first-order valence-electron chi connectivity index (χ1n) is 12.7. The van der Waals surface area contributed by atoms with Gasteiger partial charge in [0.15, 0.2) is 0 Å². The minimum Gasteiger partial charge on any atom is -0.351 e. The molecular weight excluding hydrogens is 528 g/mol. The predicted molar refractivity (Wildman–Crippen MR) is 153 cm³/mol. The lowest BCUT2D eigenvalue weighted by Crippen LogP contribution is -2.46. The molecule has 3 aromatic rings. The fourth-order valence-corrected chi connectivity index (χ4v) is 5.30. The summed E-state index contributed by atoms with van der Waals surface area (Å²) in [5.41, 5.74) is 1.74. The molecule has 0 amide bonds. The molecule has 0 spiro atoms. The van der Waals surface area contributed by atoms with Crippen molar-refractivity contribution in [3.8, 4) is 16.9 Å². The minimum atomic E-state index is -4.66. The van der Waals surface area contributed by atoms with Gasteiger partial charge < -0.3 is 10.6 Å². The maximum absolute atomic E-state index is 13.9. The monoisotopic (exact) mass is 559 g/mol. The molecule has 0 unspecified atom stereocenters. The second-order valence-corrected chi connectivity index (χ2v) is 12.9. The molecule has 206 valence electrons. The number of alkyl halides is 3.